The Kier molecular flexibility index (Phi) is 4.86. The van der Waals surface area contributed by atoms with Crippen molar-refractivity contribution >= 4 is 5.69 Å². The highest BCUT2D eigenvalue weighted by Crippen LogP contribution is 2.14. The van der Waals surface area contributed by atoms with E-state index in [-0.39, 0.29) is 6.10 Å². The lowest BCUT2D eigenvalue weighted by Gasteiger charge is -2.08. The third-order valence-corrected chi connectivity index (χ3v) is 2.45. The Hall–Kier alpha value is -1.33. The standard InChI is InChI=1S/C13H17NO/c1-3-4-13(15)10-7-11-5-8-12(14-2)9-6-11/h5-6,8-9,13,15H,3-4,7,10H2,1H3/t13-/m0/s1. The van der Waals surface area contributed by atoms with Gasteiger partial charge < -0.3 is 5.11 Å². The van der Waals surface area contributed by atoms with E-state index in [2.05, 4.69) is 11.8 Å². The number of rotatable bonds is 5. The molecule has 0 spiro atoms. The summed E-state index contributed by atoms with van der Waals surface area (Å²) in [4.78, 5) is 3.34. The molecule has 0 unspecified atom stereocenters. The molecule has 1 N–H and O–H groups in total. The lowest BCUT2D eigenvalue weighted by atomic mass is 10.0. The van der Waals surface area contributed by atoms with Crippen LogP contribution in [-0.2, 0) is 6.42 Å². The van der Waals surface area contributed by atoms with Crippen LogP contribution in [-0.4, -0.2) is 11.2 Å². The van der Waals surface area contributed by atoms with Crippen LogP contribution in [0.2, 0.25) is 0 Å². The van der Waals surface area contributed by atoms with Crippen molar-refractivity contribution in [3.63, 3.8) is 0 Å². The van der Waals surface area contributed by atoms with Gasteiger partial charge in [-0.3, -0.25) is 0 Å². The summed E-state index contributed by atoms with van der Waals surface area (Å²) >= 11 is 0. The molecule has 1 atom stereocenters. The zero-order valence-electron chi connectivity index (χ0n) is 9.11. The van der Waals surface area contributed by atoms with Crippen LogP contribution in [0, 0.1) is 6.57 Å². The van der Waals surface area contributed by atoms with E-state index in [9.17, 15) is 5.11 Å². The lowest BCUT2D eigenvalue weighted by Crippen LogP contribution is -2.06. The fourth-order valence-electron chi connectivity index (χ4n) is 1.55. The molecule has 2 nitrogen and oxygen atoms in total. The van der Waals surface area contributed by atoms with Crippen LogP contribution < -0.4 is 0 Å². The van der Waals surface area contributed by atoms with E-state index in [1.807, 2.05) is 24.3 Å². The Morgan fingerprint density at radius 3 is 2.47 bits per heavy atom. The summed E-state index contributed by atoms with van der Waals surface area (Å²) < 4.78 is 0. The molecule has 0 fully saturated rings. The van der Waals surface area contributed by atoms with Gasteiger partial charge in [-0.25, -0.2) is 4.85 Å². The van der Waals surface area contributed by atoms with Crippen molar-refractivity contribution in [1.82, 2.24) is 0 Å². The summed E-state index contributed by atoms with van der Waals surface area (Å²) in [6.07, 6.45) is 3.42. The van der Waals surface area contributed by atoms with Gasteiger partial charge in [0.1, 0.15) is 0 Å². The number of aryl methyl sites for hydroxylation is 1. The predicted octanol–water partition coefficient (Wildman–Crippen LogP) is 3.33. The van der Waals surface area contributed by atoms with Crippen LogP contribution >= 0.6 is 0 Å². The maximum atomic E-state index is 9.56. The van der Waals surface area contributed by atoms with E-state index in [4.69, 9.17) is 6.57 Å². The highest BCUT2D eigenvalue weighted by atomic mass is 16.3. The van der Waals surface area contributed by atoms with E-state index in [0.717, 1.165) is 25.7 Å². The maximum Gasteiger partial charge on any atom is 0.187 e. The van der Waals surface area contributed by atoms with Crippen molar-refractivity contribution in [2.75, 3.05) is 0 Å². The Balaban J connectivity index is 2.41. The number of aliphatic hydroxyl groups is 1. The molecule has 2 heteroatoms. The minimum Gasteiger partial charge on any atom is -0.393 e. The minimum absolute atomic E-state index is 0.185. The highest BCUT2D eigenvalue weighted by molar-refractivity contribution is 5.45. The van der Waals surface area contributed by atoms with Gasteiger partial charge in [0.05, 0.1) is 12.7 Å². The molecule has 0 aliphatic rings. The number of hydrogen-bond acceptors (Lipinski definition) is 1. The molecule has 0 amide bonds. The van der Waals surface area contributed by atoms with Crippen LogP contribution in [0.1, 0.15) is 31.7 Å². The fraction of sp³-hybridized carbons (Fsp3) is 0.462. The fourth-order valence-corrected chi connectivity index (χ4v) is 1.55. The Morgan fingerprint density at radius 1 is 1.27 bits per heavy atom. The summed E-state index contributed by atoms with van der Waals surface area (Å²) in [6, 6.07) is 7.58. The maximum absolute atomic E-state index is 9.56. The van der Waals surface area contributed by atoms with Crippen LogP contribution in [0.4, 0.5) is 5.69 Å². The second-order valence-corrected chi connectivity index (χ2v) is 3.76. The van der Waals surface area contributed by atoms with Crippen LogP contribution in [0.3, 0.4) is 0 Å². The average molecular weight is 203 g/mol. The molecule has 1 rings (SSSR count). The number of nitrogens with zero attached hydrogens (tertiary/aromatic N) is 1. The summed E-state index contributed by atoms with van der Waals surface area (Å²) in [5, 5.41) is 9.56. The van der Waals surface area contributed by atoms with Gasteiger partial charge >= 0.3 is 0 Å². The molecule has 1 aromatic carbocycles. The number of hydrogen-bond donors (Lipinski definition) is 1. The molecule has 1 aromatic rings. The van der Waals surface area contributed by atoms with Crippen molar-refractivity contribution in [3.8, 4) is 0 Å². The smallest absolute Gasteiger partial charge is 0.187 e. The SMILES string of the molecule is [C-]#[N+]c1ccc(CC[C@@H](O)CCC)cc1. The first-order chi connectivity index (χ1) is 7.26. The lowest BCUT2D eigenvalue weighted by molar-refractivity contribution is 0.154. The molecule has 15 heavy (non-hydrogen) atoms. The van der Waals surface area contributed by atoms with Crippen LogP contribution in [0.25, 0.3) is 4.85 Å². The molecule has 0 radical (unpaired) electrons. The van der Waals surface area contributed by atoms with Gasteiger partial charge in [0.25, 0.3) is 0 Å². The normalized spacial score (nSPS) is 12.1. The average Bonchev–Trinajstić information content (AvgIpc) is 2.27. The zero-order valence-corrected chi connectivity index (χ0v) is 9.11. The summed E-state index contributed by atoms with van der Waals surface area (Å²) in [5.41, 5.74) is 1.87. The summed E-state index contributed by atoms with van der Waals surface area (Å²) in [7, 11) is 0. The molecule has 0 aliphatic heterocycles. The van der Waals surface area contributed by atoms with Crippen LogP contribution in [0.5, 0.6) is 0 Å². The first kappa shape index (κ1) is 11.7. The quantitative estimate of drug-likeness (QED) is 0.729. The summed E-state index contributed by atoms with van der Waals surface area (Å²) in [6.45, 7) is 8.90. The Bertz CT molecular complexity index is 323. The van der Waals surface area contributed by atoms with Gasteiger partial charge in [0, 0.05) is 0 Å². The summed E-state index contributed by atoms with van der Waals surface area (Å²) in [5.74, 6) is 0. The molecule has 0 aliphatic carbocycles. The molecule has 0 saturated heterocycles. The molecular formula is C13H17NO. The highest BCUT2D eigenvalue weighted by Gasteiger charge is 2.02. The first-order valence-corrected chi connectivity index (χ1v) is 5.40. The minimum atomic E-state index is -0.185. The number of benzene rings is 1. The molecule has 0 heterocycles. The van der Waals surface area contributed by atoms with Gasteiger partial charge in [-0.15, -0.1) is 0 Å². The second-order valence-electron chi connectivity index (χ2n) is 3.76. The van der Waals surface area contributed by atoms with Crippen molar-refractivity contribution < 1.29 is 5.11 Å². The van der Waals surface area contributed by atoms with Gasteiger partial charge in [-0.05, 0) is 19.3 Å². The van der Waals surface area contributed by atoms with E-state index in [1.54, 1.807) is 0 Å². The molecule has 0 bridgehead atoms. The zero-order chi connectivity index (χ0) is 11.1. The van der Waals surface area contributed by atoms with Crippen molar-refractivity contribution in [3.05, 3.63) is 41.2 Å². The molecule has 0 aromatic heterocycles. The molecular weight excluding hydrogens is 186 g/mol. The second kappa shape index (κ2) is 6.21. The Labute approximate surface area is 91.4 Å². The van der Waals surface area contributed by atoms with Crippen molar-refractivity contribution in [2.45, 2.75) is 38.7 Å². The van der Waals surface area contributed by atoms with E-state index in [0.29, 0.717) is 5.69 Å². The van der Waals surface area contributed by atoms with Crippen molar-refractivity contribution in [2.24, 2.45) is 0 Å². The van der Waals surface area contributed by atoms with Gasteiger partial charge in [0.15, 0.2) is 5.69 Å². The van der Waals surface area contributed by atoms with E-state index < -0.39 is 0 Å². The monoisotopic (exact) mass is 203 g/mol. The topological polar surface area (TPSA) is 24.6 Å². The predicted molar refractivity (Wildman–Crippen MR) is 61.9 cm³/mol. The molecule has 80 valence electrons. The van der Waals surface area contributed by atoms with Gasteiger partial charge in [-0.1, -0.05) is 43.2 Å². The van der Waals surface area contributed by atoms with Crippen molar-refractivity contribution in [1.29, 1.82) is 0 Å². The number of aliphatic hydroxyl groups excluding tert-OH is 1. The van der Waals surface area contributed by atoms with Crippen LogP contribution in [0.15, 0.2) is 24.3 Å². The first-order valence-electron chi connectivity index (χ1n) is 5.40. The molecule has 0 saturated carbocycles. The largest absolute Gasteiger partial charge is 0.393 e. The Morgan fingerprint density at radius 2 is 1.93 bits per heavy atom. The van der Waals surface area contributed by atoms with Gasteiger partial charge in [0.2, 0.25) is 0 Å². The van der Waals surface area contributed by atoms with E-state index in [1.165, 1.54) is 5.56 Å². The van der Waals surface area contributed by atoms with Gasteiger partial charge in [-0.2, -0.15) is 0 Å². The van der Waals surface area contributed by atoms with E-state index >= 15 is 0 Å². The third-order valence-electron chi connectivity index (χ3n) is 2.45. The third kappa shape index (κ3) is 4.14.